The van der Waals surface area contributed by atoms with Gasteiger partial charge in [0.25, 0.3) is 0 Å². The molecule has 156 valence electrons. The van der Waals surface area contributed by atoms with Gasteiger partial charge in [-0.2, -0.15) is 13.2 Å². The molecule has 0 spiro atoms. The summed E-state index contributed by atoms with van der Waals surface area (Å²) in [5, 5.41) is 11.8. The molecule has 6 nitrogen and oxygen atoms in total. The first-order chi connectivity index (χ1) is 13.6. The lowest BCUT2D eigenvalue weighted by atomic mass is 9.91. The highest BCUT2D eigenvalue weighted by Gasteiger charge is 2.30. The van der Waals surface area contributed by atoms with Crippen LogP contribution in [0.2, 0.25) is 0 Å². The number of carbonyl (C=O) groups excluding carboxylic acids is 1. The number of hydrogen-bond acceptors (Lipinski definition) is 4. The Labute approximate surface area is 165 Å². The number of amides is 1. The van der Waals surface area contributed by atoms with E-state index in [2.05, 4.69) is 5.32 Å². The van der Waals surface area contributed by atoms with Crippen LogP contribution in [0, 0.1) is 0 Å². The number of carboxylic acids is 1. The summed E-state index contributed by atoms with van der Waals surface area (Å²) in [5.74, 6) is -1.55. The molecule has 0 bridgehead atoms. The van der Waals surface area contributed by atoms with E-state index in [-0.39, 0.29) is 6.42 Å². The number of halogens is 3. The molecule has 29 heavy (non-hydrogen) atoms. The molecule has 2 N–H and O–H groups in total. The minimum Gasteiger partial charge on any atom is -0.497 e. The number of hydrogen-bond donors (Lipinski definition) is 2. The van der Waals surface area contributed by atoms with Crippen LogP contribution in [0.15, 0.2) is 42.5 Å². The van der Waals surface area contributed by atoms with Crippen molar-refractivity contribution in [2.24, 2.45) is 0 Å². The molecule has 2 rings (SSSR count). The number of anilines is 1. The summed E-state index contributed by atoms with van der Waals surface area (Å²) in [4.78, 5) is 23.6. The van der Waals surface area contributed by atoms with E-state index in [1.807, 2.05) is 0 Å². The maximum atomic E-state index is 12.7. The van der Waals surface area contributed by atoms with Crippen LogP contribution < -0.4 is 14.8 Å². The number of nitrogens with one attached hydrogen (secondary N) is 1. The number of rotatable bonds is 8. The van der Waals surface area contributed by atoms with Gasteiger partial charge in [-0.25, -0.2) is 0 Å². The third-order valence-corrected chi connectivity index (χ3v) is 4.20. The number of ether oxygens (including phenoxy) is 2. The molecule has 0 aromatic heterocycles. The predicted octanol–water partition coefficient (Wildman–Crippen LogP) is 4.31. The van der Waals surface area contributed by atoms with E-state index in [4.69, 9.17) is 14.6 Å². The molecule has 9 heteroatoms. The quantitative estimate of drug-likeness (QED) is 0.676. The Bertz CT molecular complexity index is 843. The second-order valence-corrected chi connectivity index (χ2v) is 6.27. The smallest absolute Gasteiger partial charge is 0.416 e. The highest BCUT2D eigenvalue weighted by Crippen LogP contribution is 2.32. The fourth-order valence-electron chi connectivity index (χ4n) is 2.78. The van der Waals surface area contributed by atoms with Crippen LogP contribution >= 0.6 is 0 Å². The molecular formula is C20H20F3NO5. The van der Waals surface area contributed by atoms with Crippen LogP contribution in [0.25, 0.3) is 0 Å². The molecule has 0 saturated carbocycles. The van der Waals surface area contributed by atoms with Crippen molar-refractivity contribution in [1.82, 2.24) is 0 Å². The first-order valence-electron chi connectivity index (χ1n) is 8.54. The van der Waals surface area contributed by atoms with Gasteiger partial charge >= 0.3 is 12.1 Å². The average Bonchev–Trinajstić information content (AvgIpc) is 2.66. The molecular weight excluding hydrogens is 391 g/mol. The monoisotopic (exact) mass is 411 g/mol. The Morgan fingerprint density at radius 1 is 1.00 bits per heavy atom. The van der Waals surface area contributed by atoms with Crippen LogP contribution in [0.1, 0.15) is 29.9 Å². The highest BCUT2D eigenvalue weighted by molar-refractivity contribution is 5.92. The number of methoxy groups -OCH3 is 2. The first kappa shape index (κ1) is 22.1. The molecule has 0 saturated heterocycles. The van der Waals surface area contributed by atoms with Crippen molar-refractivity contribution in [3.63, 3.8) is 0 Å². The van der Waals surface area contributed by atoms with Gasteiger partial charge in [0.05, 0.1) is 26.2 Å². The van der Waals surface area contributed by atoms with E-state index in [0.29, 0.717) is 22.7 Å². The summed E-state index contributed by atoms with van der Waals surface area (Å²) in [5.41, 5.74) is -0.130. The molecule has 0 aliphatic carbocycles. The lowest BCUT2D eigenvalue weighted by molar-refractivity contribution is -0.138. The highest BCUT2D eigenvalue weighted by atomic mass is 19.4. The summed E-state index contributed by atoms with van der Waals surface area (Å²) in [6, 6.07) is 8.86. The van der Waals surface area contributed by atoms with E-state index in [1.54, 1.807) is 18.2 Å². The van der Waals surface area contributed by atoms with Gasteiger partial charge in [0.1, 0.15) is 11.5 Å². The van der Waals surface area contributed by atoms with Crippen LogP contribution in [0.5, 0.6) is 11.5 Å². The van der Waals surface area contributed by atoms with E-state index >= 15 is 0 Å². The number of benzene rings is 2. The standard InChI is InChI=1S/C20H20F3NO5/c1-28-16-9-15(10-17(11-16)29-2)24-18(25)7-13(8-19(26)27)12-3-5-14(6-4-12)20(21,22)23/h3-6,9-11,13H,7-8H2,1-2H3,(H,24,25)(H,26,27)/t13-/m0/s1. The van der Waals surface area contributed by atoms with Crippen molar-refractivity contribution in [2.45, 2.75) is 24.9 Å². The van der Waals surface area contributed by atoms with E-state index in [9.17, 15) is 22.8 Å². The third kappa shape index (κ3) is 6.41. The zero-order valence-corrected chi connectivity index (χ0v) is 15.7. The number of carbonyl (C=O) groups is 2. The van der Waals surface area contributed by atoms with Gasteiger partial charge in [0.15, 0.2) is 0 Å². The molecule has 0 heterocycles. The van der Waals surface area contributed by atoms with Crippen molar-refractivity contribution < 1.29 is 37.3 Å². The number of carboxylic acid groups (broad SMARTS) is 1. The fraction of sp³-hybridized carbons (Fsp3) is 0.300. The maximum absolute atomic E-state index is 12.7. The van der Waals surface area contributed by atoms with Crippen LogP contribution in [0.3, 0.4) is 0 Å². The van der Waals surface area contributed by atoms with Gasteiger partial charge in [0, 0.05) is 36.2 Å². The van der Waals surface area contributed by atoms with Gasteiger partial charge < -0.3 is 19.9 Å². The molecule has 0 radical (unpaired) electrons. The molecule has 0 aliphatic heterocycles. The fourth-order valence-corrected chi connectivity index (χ4v) is 2.78. The molecule has 0 fully saturated rings. The zero-order chi connectivity index (χ0) is 21.6. The number of aliphatic carboxylic acids is 1. The maximum Gasteiger partial charge on any atom is 0.416 e. The lowest BCUT2D eigenvalue weighted by Crippen LogP contribution is -2.18. The average molecular weight is 411 g/mol. The Kier molecular flexibility index (Phi) is 7.08. The third-order valence-electron chi connectivity index (χ3n) is 4.20. The topological polar surface area (TPSA) is 84.9 Å². The Hall–Kier alpha value is -3.23. The van der Waals surface area contributed by atoms with E-state index in [1.165, 1.54) is 26.4 Å². The molecule has 1 amide bonds. The normalized spacial score (nSPS) is 12.2. The van der Waals surface area contributed by atoms with E-state index < -0.39 is 36.0 Å². The second-order valence-electron chi connectivity index (χ2n) is 6.27. The first-order valence-corrected chi connectivity index (χ1v) is 8.54. The molecule has 0 aliphatic rings. The second kappa shape index (κ2) is 9.31. The molecule has 0 unspecified atom stereocenters. The van der Waals surface area contributed by atoms with Crippen LogP contribution in [-0.4, -0.2) is 31.2 Å². The van der Waals surface area contributed by atoms with Crippen LogP contribution in [0.4, 0.5) is 18.9 Å². The zero-order valence-electron chi connectivity index (χ0n) is 15.7. The van der Waals surface area contributed by atoms with Crippen molar-refractivity contribution in [2.75, 3.05) is 19.5 Å². The minimum atomic E-state index is -4.50. The van der Waals surface area contributed by atoms with Crippen molar-refractivity contribution in [1.29, 1.82) is 0 Å². The van der Waals surface area contributed by atoms with Gasteiger partial charge in [-0.1, -0.05) is 12.1 Å². The summed E-state index contributed by atoms with van der Waals surface area (Å²) in [6.45, 7) is 0. The molecule has 2 aromatic carbocycles. The summed E-state index contributed by atoms with van der Waals surface area (Å²) in [6.07, 6.45) is -5.12. The SMILES string of the molecule is COc1cc(NC(=O)C[C@@H](CC(=O)O)c2ccc(C(F)(F)F)cc2)cc(OC)c1. The summed E-state index contributed by atoms with van der Waals surface area (Å²) < 4.78 is 48.4. The van der Waals surface area contributed by atoms with Crippen molar-refractivity contribution >= 4 is 17.6 Å². The Balaban J connectivity index is 2.17. The van der Waals surface area contributed by atoms with E-state index in [0.717, 1.165) is 12.1 Å². The summed E-state index contributed by atoms with van der Waals surface area (Å²) in [7, 11) is 2.90. The molecule has 1 atom stereocenters. The van der Waals surface area contributed by atoms with Gasteiger partial charge in [-0.15, -0.1) is 0 Å². The predicted molar refractivity (Wildman–Crippen MR) is 99.2 cm³/mol. The number of alkyl halides is 3. The summed E-state index contributed by atoms with van der Waals surface area (Å²) >= 11 is 0. The van der Waals surface area contributed by atoms with Crippen molar-refractivity contribution in [3.8, 4) is 11.5 Å². The lowest BCUT2D eigenvalue weighted by Gasteiger charge is -2.17. The van der Waals surface area contributed by atoms with Gasteiger partial charge in [-0.3, -0.25) is 9.59 Å². The van der Waals surface area contributed by atoms with Crippen molar-refractivity contribution in [3.05, 3.63) is 53.6 Å². The Morgan fingerprint density at radius 2 is 1.55 bits per heavy atom. The van der Waals surface area contributed by atoms with Gasteiger partial charge in [0.2, 0.25) is 5.91 Å². The Morgan fingerprint density at radius 3 is 2.00 bits per heavy atom. The van der Waals surface area contributed by atoms with Gasteiger partial charge in [-0.05, 0) is 17.7 Å². The van der Waals surface area contributed by atoms with Crippen LogP contribution in [-0.2, 0) is 15.8 Å². The largest absolute Gasteiger partial charge is 0.497 e. The molecule has 2 aromatic rings. The minimum absolute atomic E-state index is 0.225.